The van der Waals surface area contributed by atoms with Gasteiger partial charge in [0.15, 0.2) is 5.82 Å². The van der Waals surface area contributed by atoms with Crippen molar-refractivity contribution in [3.8, 4) is 0 Å². The first-order valence-electron chi connectivity index (χ1n) is 7.68. The molecule has 5 nitrogen and oxygen atoms in total. The second kappa shape index (κ2) is 7.59. The van der Waals surface area contributed by atoms with E-state index < -0.39 is 0 Å². The number of aromatic nitrogens is 2. The molecule has 1 aromatic heterocycles. The van der Waals surface area contributed by atoms with Crippen molar-refractivity contribution in [1.29, 1.82) is 0 Å². The van der Waals surface area contributed by atoms with Crippen LogP contribution in [-0.2, 0) is 11.2 Å². The Morgan fingerprint density at radius 2 is 1.96 bits per heavy atom. The molecule has 0 fully saturated rings. The zero-order chi connectivity index (χ0) is 17.0. The SMILES string of the molecule is Cc1nc(CCN(C)C(=O)C(c2ccc(Cl)cc2)C(C)C)no1. The molecule has 1 amide bonds. The Morgan fingerprint density at radius 1 is 1.30 bits per heavy atom. The van der Waals surface area contributed by atoms with Gasteiger partial charge >= 0.3 is 0 Å². The molecule has 0 radical (unpaired) electrons. The van der Waals surface area contributed by atoms with E-state index in [1.165, 1.54) is 0 Å². The zero-order valence-electron chi connectivity index (χ0n) is 13.9. The van der Waals surface area contributed by atoms with E-state index in [4.69, 9.17) is 16.1 Å². The van der Waals surface area contributed by atoms with Gasteiger partial charge in [0.2, 0.25) is 11.8 Å². The highest BCUT2D eigenvalue weighted by molar-refractivity contribution is 6.30. The van der Waals surface area contributed by atoms with Crippen LogP contribution in [0.1, 0.15) is 37.0 Å². The highest BCUT2D eigenvalue weighted by Crippen LogP contribution is 2.27. The topological polar surface area (TPSA) is 59.2 Å². The van der Waals surface area contributed by atoms with Gasteiger partial charge in [0.05, 0.1) is 5.92 Å². The highest BCUT2D eigenvalue weighted by Gasteiger charge is 2.27. The van der Waals surface area contributed by atoms with Gasteiger partial charge in [-0.15, -0.1) is 0 Å². The van der Waals surface area contributed by atoms with Crippen molar-refractivity contribution in [3.05, 3.63) is 46.6 Å². The predicted molar refractivity (Wildman–Crippen MR) is 89.4 cm³/mol. The molecule has 0 saturated carbocycles. The Kier molecular flexibility index (Phi) is 5.77. The first kappa shape index (κ1) is 17.5. The Hall–Kier alpha value is -1.88. The van der Waals surface area contributed by atoms with E-state index in [2.05, 4.69) is 10.1 Å². The third-order valence-electron chi connectivity index (χ3n) is 3.78. The summed E-state index contributed by atoms with van der Waals surface area (Å²) in [5.41, 5.74) is 0.983. The fourth-order valence-electron chi connectivity index (χ4n) is 2.54. The smallest absolute Gasteiger partial charge is 0.230 e. The maximum absolute atomic E-state index is 12.8. The fraction of sp³-hybridized carbons (Fsp3) is 0.471. The van der Waals surface area contributed by atoms with Crippen LogP contribution in [0, 0.1) is 12.8 Å². The summed E-state index contributed by atoms with van der Waals surface area (Å²) < 4.78 is 4.95. The molecule has 1 aromatic carbocycles. The minimum atomic E-state index is -0.190. The quantitative estimate of drug-likeness (QED) is 0.811. The van der Waals surface area contributed by atoms with Crippen LogP contribution in [0.5, 0.6) is 0 Å². The standard InChI is InChI=1S/C17H22ClN3O2/c1-11(2)16(13-5-7-14(18)8-6-13)17(22)21(4)10-9-15-19-12(3)23-20-15/h5-8,11,16H,9-10H2,1-4H3. The molecular weight excluding hydrogens is 314 g/mol. The zero-order valence-corrected chi connectivity index (χ0v) is 14.7. The highest BCUT2D eigenvalue weighted by atomic mass is 35.5. The second-order valence-electron chi connectivity index (χ2n) is 6.01. The average Bonchev–Trinajstić information content (AvgIpc) is 2.92. The van der Waals surface area contributed by atoms with E-state index in [0.29, 0.717) is 29.7 Å². The number of benzene rings is 1. The molecular formula is C17H22ClN3O2. The van der Waals surface area contributed by atoms with E-state index in [9.17, 15) is 4.79 Å². The van der Waals surface area contributed by atoms with E-state index in [0.717, 1.165) is 5.56 Å². The molecule has 1 unspecified atom stereocenters. The van der Waals surface area contributed by atoms with Crippen molar-refractivity contribution in [1.82, 2.24) is 15.0 Å². The van der Waals surface area contributed by atoms with Crippen molar-refractivity contribution in [2.45, 2.75) is 33.1 Å². The summed E-state index contributed by atoms with van der Waals surface area (Å²) in [7, 11) is 1.81. The molecule has 0 aliphatic carbocycles. The molecule has 2 aromatic rings. The van der Waals surface area contributed by atoms with Crippen molar-refractivity contribution in [3.63, 3.8) is 0 Å². The summed E-state index contributed by atoms with van der Waals surface area (Å²) in [5, 5.41) is 4.53. The number of halogens is 1. The van der Waals surface area contributed by atoms with Crippen LogP contribution in [0.4, 0.5) is 0 Å². The average molecular weight is 336 g/mol. The molecule has 0 aliphatic rings. The Morgan fingerprint density at radius 3 is 2.48 bits per heavy atom. The lowest BCUT2D eigenvalue weighted by atomic mass is 9.87. The summed E-state index contributed by atoms with van der Waals surface area (Å²) >= 11 is 5.94. The summed E-state index contributed by atoms with van der Waals surface area (Å²) in [4.78, 5) is 18.7. The van der Waals surface area contributed by atoms with Crippen LogP contribution in [0.3, 0.4) is 0 Å². The van der Waals surface area contributed by atoms with Crippen LogP contribution in [-0.4, -0.2) is 34.5 Å². The lowest BCUT2D eigenvalue weighted by Gasteiger charge is -2.26. The fourth-order valence-corrected chi connectivity index (χ4v) is 2.67. The van der Waals surface area contributed by atoms with Crippen LogP contribution in [0.15, 0.2) is 28.8 Å². The molecule has 1 heterocycles. The minimum Gasteiger partial charge on any atom is -0.345 e. The summed E-state index contributed by atoms with van der Waals surface area (Å²) in [6.45, 7) is 6.40. The number of carbonyl (C=O) groups excluding carboxylic acids is 1. The van der Waals surface area contributed by atoms with Gasteiger partial charge in [-0.3, -0.25) is 4.79 Å². The van der Waals surface area contributed by atoms with Gasteiger partial charge in [-0.1, -0.05) is 42.7 Å². The number of nitrogens with zero attached hydrogens (tertiary/aromatic N) is 3. The van der Waals surface area contributed by atoms with E-state index in [1.807, 2.05) is 38.1 Å². The molecule has 6 heteroatoms. The first-order chi connectivity index (χ1) is 10.9. The van der Waals surface area contributed by atoms with Crippen molar-refractivity contribution in [2.24, 2.45) is 5.92 Å². The van der Waals surface area contributed by atoms with E-state index >= 15 is 0 Å². The van der Waals surface area contributed by atoms with Gasteiger partial charge in [0, 0.05) is 32.0 Å². The molecule has 2 rings (SSSR count). The van der Waals surface area contributed by atoms with Crippen molar-refractivity contribution in [2.75, 3.05) is 13.6 Å². The molecule has 1 atom stereocenters. The number of aryl methyl sites for hydroxylation is 1. The number of likely N-dealkylation sites (N-methyl/N-ethyl adjacent to an activating group) is 1. The molecule has 0 aliphatic heterocycles. The largest absolute Gasteiger partial charge is 0.345 e. The lowest BCUT2D eigenvalue weighted by molar-refractivity contribution is -0.132. The number of carbonyl (C=O) groups is 1. The van der Waals surface area contributed by atoms with Gasteiger partial charge in [-0.05, 0) is 23.6 Å². The monoisotopic (exact) mass is 335 g/mol. The molecule has 0 saturated heterocycles. The van der Waals surface area contributed by atoms with E-state index in [1.54, 1.807) is 18.9 Å². The number of hydrogen-bond acceptors (Lipinski definition) is 4. The van der Waals surface area contributed by atoms with Crippen LogP contribution in [0.2, 0.25) is 5.02 Å². The van der Waals surface area contributed by atoms with Gasteiger partial charge in [0.25, 0.3) is 0 Å². The maximum Gasteiger partial charge on any atom is 0.230 e. The maximum atomic E-state index is 12.8. The number of amides is 1. The minimum absolute atomic E-state index is 0.0857. The Balaban J connectivity index is 2.06. The number of hydrogen-bond donors (Lipinski definition) is 0. The third kappa shape index (κ3) is 4.55. The van der Waals surface area contributed by atoms with Crippen LogP contribution >= 0.6 is 11.6 Å². The molecule has 0 N–H and O–H groups in total. The third-order valence-corrected chi connectivity index (χ3v) is 4.03. The molecule has 124 valence electrons. The summed E-state index contributed by atoms with van der Waals surface area (Å²) in [6.07, 6.45) is 0.574. The molecule has 0 spiro atoms. The molecule has 23 heavy (non-hydrogen) atoms. The predicted octanol–water partition coefficient (Wildman–Crippen LogP) is 3.47. The van der Waals surface area contributed by atoms with Crippen molar-refractivity contribution < 1.29 is 9.32 Å². The van der Waals surface area contributed by atoms with Gasteiger partial charge < -0.3 is 9.42 Å². The summed E-state index contributed by atoms with van der Waals surface area (Å²) in [5.74, 6) is 1.25. The van der Waals surface area contributed by atoms with Gasteiger partial charge in [0.1, 0.15) is 0 Å². The summed E-state index contributed by atoms with van der Waals surface area (Å²) in [6, 6.07) is 7.48. The molecule has 0 bridgehead atoms. The lowest BCUT2D eigenvalue weighted by Crippen LogP contribution is -2.35. The van der Waals surface area contributed by atoms with Crippen LogP contribution < -0.4 is 0 Å². The van der Waals surface area contributed by atoms with E-state index in [-0.39, 0.29) is 17.7 Å². The normalized spacial score (nSPS) is 12.4. The number of rotatable bonds is 6. The van der Waals surface area contributed by atoms with Crippen LogP contribution in [0.25, 0.3) is 0 Å². The second-order valence-corrected chi connectivity index (χ2v) is 6.45. The van der Waals surface area contributed by atoms with Gasteiger partial charge in [-0.25, -0.2) is 0 Å². The first-order valence-corrected chi connectivity index (χ1v) is 8.06. The Labute approximate surface area is 141 Å². The Bertz CT molecular complexity index is 652. The van der Waals surface area contributed by atoms with Gasteiger partial charge in [-0.2, -0.15) is 4.98 Å². The van der Waals surface area contributed by atoms with Crippen molar-refractivity contribution >= 4 is 17.5 Å².